The Labute approximate surface area is 107 Å². The molecule has 0 unspecified atom stereocenters. The molecule has 2 rings (SSSR count). The standard InChI is InChI=1S/C11H9N5OS/c1-6-3-9(17)16-11(14-6)18-10-8(4-12)5-13-7(2)15-10/h3,5H,1-2H3,(H,14,16,17). The van der Waals surface area contributed by atoms with E-state index in [1.54, 1.807) is 13.8 Å². The first-order valence-corrected chi connectivity index (χ1v) is 5.89. The number of nitrogens with zero attached hydrogens (tertiary/aromatic N) is 4. The van der Waals surface area contributed by atoms with E-state index in [1.165, 1.54) is 12.3 Å². The highest BCUT2D eigenvalue weighted by atomic mass is 32.2. The lowest BCUT2D eigenvalue weighted by molar-refractivity contribution is 0.893. The molecule has 7 heteroatoms. The fraction of sp³-hybridized carbons (Fsp3) is 0.182. The van der Waals surface area contributed by atoms with E-state index in [4.69, 9.17) is 5.26 Å². The molecule has 0 aliphatic carbocycles. The molecule has 2 aromatic heterocycles. The van der Waals surface area contributed by atoms with Crippen LogP contribution in [0.3, 0.4) is 0 Å². The molecule has 2 heterocycles. The lowest BCUT2D eigenvalue weighted by Crippen LogP contribution is -2.08. The van der Waals surface area contributed by atoms with Crippen LogP contribution in [0.25, 0.3) is 0 Å². The van der Waals surface area contributed by atoms with Gasteiger partial charge < -0.3 is 4.98 Å². The summed E-state index contributed by atoms with van der Waals surface area (Å²) in [4.78, 5) is 26.2. The van der Waals surface area contributed by atoms with Gasteiger partial charge in [0.25, 0.3) is 5.56 Å². The van der Waals surface area contributed by atoms with Crippen molar-refractivity contribution in [1.82, 2.24) is 19.9 Å². The molecule has 0 radical (unpaired) electrons. The Hall–Kier alpha value is -2.20. The molecular weight excluding hydrogens is 250 g/mol. The Morgan fingerprint density at radius 3 is 2.83 bits per heavy atom. The minimum Gasteiger partial charge on any atom is -0.301 e. The van der Waals surface area contributed by atoms with Gasteiger partial charge in [-0.05, 0) is 25.6 Å². The van der Waals surface area contributed by atoms with Gasteiger partial charge in [-0.15, -0.1) is 0 Å². The molecule has 90 valence electrons. The molecule has 0 aliphatic heterocycles. The summed E-state index contributed by atoms with van der Waals surface area (Å²) in [6.45, 7) is 3.47. The molecule has 0 spiro atoms. The minimum absolute atomic E-state index is 0.228. The van der Waals surface area contributed by atoms with E-state index in [2.05, 4.69) is 19.9 Å². The second-order valence-electron chi connectivity index (χ2n) is 3.54. The second kappa shape index (κ2) is 4.98. The predicted octanol–water partition coefficient (Wildman–Crippen LogP) is 1.20. The number of aromatic amines is 1. The number of aromatic nitrogens is 4. The molecule has 0 amide bonds. The number of H-pyrrole nitrogens is 1. The van der Waals surface area contributed by atoms with Crippen LogP contribution >= 0.6 is 11.8 Å². The number of rotatable bonds is 2. The summed E-state index contributed by atoms with van der Waals surface area (Å²) in [5.41, 5.74) is 0.745. The third kappa shape index (κ3) is 2.73. The van der Waals surface area contributed by atoms with Gasteiger partial charge in [0.2, 0.25) is 0 Å². The molecule has 0 aliphatic rings. The lowest BCUT2D eigenvalue weighted by atomic mass is 10.4. The fourth-order valence-electron chi connectivity index (χ4n) is 1.30. The van der Waals surface area contributed by atoms with Crippen LogP contribution in [0.2, 0.25) is 0 Å². The first-order chi connectivity index (χ1) is 8.58. The van der Waals surface area contributed by atoms with Gasteiger partial charge >= 0.3 is 0 Å². The van der Waals surface area contributed by atoms with Crippen LogP contribution in [-0.2, 0) is 0 Å². The van der Waals surface area contributed by atoms with Crippen molar-refractivity contribution in [2.24, 2.45) is 0 Å². The van der Waals surface area contributed by atoms with Crippen molar-refractivity contribution in [3.8, 4) is 6.07 Å². The summed E-state index contributed by atoms with van der Waals surface area (Å²) in [6, 6.07) is 3.41. The molecule has 0 saturated heterocycles. The molecule has 0 saturated carbocycles. The maximum absolute atomic E-state index is 11.3. The van der Waals surface area contributed by atoms with E-state index in [0.717, 1.165) is 11.8 Å². The van der Waals surface area contributed by atoms with E-state index in [0.29, 0.717) is 27.3 Å². The first kappa shape index (κ1) is 12.3. The first-order valence-electron chi connectivity index (χ1n) is 5.08. The number of nitriles is 1. The summed E-state index contributed by atoms with van der Waals surface area (Å²) < 4.78 is 0. The van der Waals surface area contributed by atoms with Crippen LogP contribution < -0.4 is 5.56 Å². The number of hydrogen-bond donors (Lipinski definition) is 1. The molecule has 0 bridgehead atoms. The highest BCUT2D eigenvalue weighted by molar-refractivity contribution is 7.99. The van der Waals surface area contributed by atoms with Crippen molar-refractivity contribution >= 4 is 11.8 Å². The predicted molar refractivity (Wildman–Crippen MR) is 65.2 cm³/mol. The van der Waals surface area contributed by atoms with Gasteiger partial charge in [-0.1, -0.05) is 0 Å². The van der Waals surface area contributed by atoms with Crippen molar-refractivity contribution in [1.29, 1.82) is 5.26 Å². The van der Waals surface area contributed by atoms with Gasteiger partial charge in [0.05, 0.1) is 0 Å². The summed E-state index contributed by atoms with van der Waals surface area (Å²) >= 11 is 1.14. The fourth-order valence-corrected chi connectivity index (χ4v) is 2.21. The second-order valence-corrected chi connectivity index (χ2v) is 4.52. The summed E-state index contributed by atoms with van der Waals surface area (Å²) in [5.74, 6) is 0.562. The van der Waals surface area contributed by atoms with Gasteiger partial charge in [0.1, 0.15) is 22.5 Å². The molecule has 0 fully saturated rings. The summed E-state index contributed by atoms with van der Waals surface area (Å²) in [5, 5.41) is 9.86. The number of nitrogens with one attached hydrogen (secondary N) is 1. The van der Waals surface area contributed by atoms with E-state index >= 15 is 0 Å². The Morgan fingerprint density at radius 2 is 2.17 bits per heavy atom. The van der Waals surface area contributed by atoms with Crippen LogP contribution in [-0.4, -0.2) is 19.9 Å². The average Bonchev–Trinajstić information content (AvgIpc) is 2.27. The Kier molecular flexibility index (Phi) is 3.39. The zero-order valence-electron chi connectivity index (χ0n) is 9.76. The highest BCUT2D eigenvalue weighted by Gasteiger charge is 2.09. The van der Waals surface area contributed by atoms with E-state index in [-0.39, 0.29) is 5.56 Å². The summed E-state index contributed by atoms with van der Waals surface area (Å²) in [7, 11) is 0. The van der Waals surface area contributed by atoms with E-state index < -0.39 is 0 Å². The van der Waals surface area contributed by atoms with Crippen molar-refractivity contribution in [3.63, 3.8) is 0 Å². The van der Waals surface area contributed by atoms with Gasteiger partial charge in [-0.25, -0.2) is 15.0 Å². The Bertz CT molecular complexity index is 689. The largest absolute Gasteiger partial charge is 0.301 e. The molecule has 0 atom stereocenters. The van der Waals surface area contributed by atoms with Crippen molar-refractivity contribution < 1.29 is 0 Å². The van der Waals surface area contributed by atoms with Crippen LogP contribution in [0.4, 0.5) is 0 Å². The quantitative estimate of drug-likeness (QED) is 0.643. The number of aryl methyl sites for hydroxylation is 2. The van der Waals surface area contributed by atoms with Crippen LogP contribution in [0.15, 0.2) is 27.2 Å². The third-order valence-corrected chi connectivity index (χ3v) is 2.93. The topological polar surface area (TPSA) is 95.3 Å². The lowest BCUT2D eigenvalue weighted by Gasteiger charge is -2.03. The Morgan fingerprint density at radius 1 is 1.39 bits per heavy atom. The molecule has 2 aromatic rings. The van der Waals surface area contributed by atoms with Crippen LogP contribution in [0, 0.1) is 25.2 Å². The minimum atomic E-state index is -0.228. The Balaban J connectivity index is 2.42. The zero-order chi connectivity index (χ0) is 13.1. The van der Waals surface area contributed by atoms with E-state index in [9.17, 15) is 4.79 Å². The van der Waals surface area contributed by atoms with Crippen molar-refractivity contribution in [3.05, 3.63) is 39.7 Å². The molecule has 1 N–H and O–H groups in total. The van der Waals surface area contributed by atoms with Crippen LogP contribution in [0.1, 0.15) is 17.1 Å². The van der Waals surface area contributed by atoms with Crippen LogP contribution in [0.5, 0.6) is 0 Å². The average molecular weight is 259 g/mol. The van der Waals surface area contributed by atoms with Gasteiger partial charge in [0.15, 0.2) is 5.16 Å². The number of hydrogen-bond acceptors (Lipinski definition) is 6. The highest BCUT2D eigenvalue weighted by Crippen LogP contribution is 2.24. The van der Waals surface area contributed by atoms with E-state index in [1.807, 2.05) is 6.07 Å². The SMILES string of the molecule is Cc1cc(=O)[nH]c(Sc2nc(C)ncc2C#N)n1. The van der Waals surface area contributed by atoms with Gasteiger partial charge in [-0.3, -0.25) is 4.79 Å². The smallest absolute Gasteiger partial charge is 0.251 e. The van der Waals surface area contributed by atoms with Crippen molar-refractivity contribution in [2.45, 2.75) is 24.0 Å². The molecule has 0 aromatic carbocycles. The maximum Gasteiger partial charge on any atom is 0.251 e. The maximum atomic E-state index is 11.3. The van der Waals surface area contributed by atoms with Gasteiger partial charge in [0, 0.05) is 18.0 Å². The zero-order valence-corrected chi connectivity index (χ0v) is 10.6. The summed E-state index contributed by atoms with van der Waals surface area (Å²) in [6.07, 6.45) is 1.46. The molecule has 6 nitrogen and oxygen atoms in total. The normalized spacial score (nSPS) is 10.1. The molecular formula is C11H9N5OS. The molecule has 18 heavy (non-hydrogen) atoms. The van der Waals surface area contributed by atoms with Crippen molar-refractivity contribution in [2.75, 3.05) is 0 Å². The third-order valence-electron chi connectivity index (χ3n) is 2.04. The monoisotopic (exact) mass is 259 g/mol. The van der Waals surface area contributed by atoms with Gasteiger partial charge in [-0.2, -0.15) is 5.26 Å².